The Morgan fingerprint density at radius 3 is 1.96 bits per heavy atom. The van der Waals surface area contributed by atoms with Crippen molar-refractivity contribution >= 4 is 0 Å². The van der Waals surface area contributed by atoms with E-state index in [1.54, 1.807) is 30.3 Å². The fourth-order valence-corrected chi connectivity index (χ4v) is 2.49. The van der Waals surface area contributed by atoms with Crippen LogP contribution in [0.4, 0.5) is 13.2 Å². The molecular formula is C20H27F3O. The fourth-order valence-electron chi connectivity index (χ4n) is 2.49. The number of aliphatic hydroxyl groups is 1. The SMILES string of the molecule is CCCCCCCCCCC(O)(C#Cc1ccccc1)C(F)(F)F. The van der Waals surface area contributed by atoms with E-state index in [0.29, 0.717) is 18.4 Å². The molecule has 1 unspecified atom stereocenters. The largest absolute Gasteiger partial charge is 0.428 e. The Kier molecular flexibility index (Phi) is 8.92. The predicted molar refractivity (Wildman–Crippen MR) is 91.6 cm³/mol. The summed E-state index contributed by atoms with van der Waals surface area (Å²) in [5, 5.41) is 9.98. The third-order valence-corrected chi connectivity index (χ3v) is 4.05. The molecule has 0 heterocycles. The smallest absolute Gasteiger partial charge is 0.370 e. The van der Waals surface area contributed by atoms with Crippen molar-refractivity contribution in [2.24, 2.45) is 0 Å². The van der Waals surface area contributed by atoms with Gasteiger partial charge in [-0.3, -0.25) is 0 Å². The van der Waals surface area contributed by atoms with E-state index in [-0.39, 0.29) is 6.42 Å². The molecule has 0 fully saturated rings. The molecule has 0 spiro atoms. The van der Waals surface area contributed by atoms with Gasteiger partial charge in [0.2, 0.25) is 5.60 Å². The third kappa shape index (κ3) is 7.40. The van der Waals surface area contributed by atoms with Gasteiger partial charge in [0.15, 0.2) is 0 Å². The second-order valence-corrected chi connectivity index (χ2v) is 6.20. The molecule has 0 aliphatic rings. The summed E-state index contributed by atoms with van der Waals surface area (Å²) in [6.07, 6.45) is 2.56. The van der Waals surface area contributed by atoms with Crippen LogP contribution in [0.15, 0.2) is 30.3 Å². The highest BCUT2D eigenvalue weighted by molar-refractivity contribution is 5.36. The number of halogens is 3. The van der Waals surface area contributed by atoms with Crippen LogP contribution in [-0.2, 0) is 0 Å². The van der Waals surface area contributed by atoms with E-state index in [9.17, 15) is 18.3 Å². The first-order valence-corrected chi connectivity index (χ1v) is 8.76. The van der Waals surface area contributed by atoms with Crippen molar-refractivity contribution < 1.29 is 18.3 Å². The zero-order valence-corrected chi connectivity index (χ0v) is 14.3. The molecule has 0 aliphatic heterocycles. The second kappa shape index (κ2) is 10.4. The number of hydrogen-bond donors (Lipinski definition) is 1. The van der Waals surface area contributed by atoms with Crippen LogP contribution in [0.1, 0.15) is 70.3 Å². The molecule has 1 aromatic rings. The van der Waals surface area contributed by atoms with Crippen LogP contribution in [0.3, 0.4) is 0 Å². The van der Waals surface area contributed by atoms with Crippen LogP contribution in [-0.4, -0.2) is 16.9 Å². The van der Waals surface area contributed by atoms with Crippen molar-refractivity contribution in [3.8, 4) is 11.8 Å². The monoisotopic (exact) mass is 340 g/mol. The minimum Gasteiger partial charge on any atom is -0.370 e. The van der Waals surface area contributed by atoms with Crippen molar-refractivity contribution in [3.63, 3.8) is 0 Å². The van der Waals surface area contributed by atoms with E-state index in [0.717, 1.165) is 19.3 Å². The molecule has 1 aromatic carbocycles. The molecule has 0 amide bonds. The summed E-state index contributed by atoms with van der Waals surface area (Å²) in [6, 6.07) is 8.42. The lowest BCUT2D eigenvalue weighted by molar-refractivity contribution is -0.237. The van der Waals surface area contributed by atoms with Gasteiger partial charge in [0.05, 0.1) is 0 Å². The molecule has 0 radical (unpaired) electrons. The van der Waals surface area contributed by atoms with Gasteiger partial charge in [-0.05, 0) is 25.0 Å². The molecule has 4 heteroatoms. The van der Waals surface area contributed by atoms with Crippen molar-refractivity contribution in [1.82, 2.24) is 0 Å². The number of alkyl halides is 3. The first-order valence-electron chi connectivity index (χ1n) is 8.76. The molecule has 134 valence electrons. The normalized spacial score (nSPS) is 13.9. The molecular weight excluding hydrogens is 313 g/mol. The lowest BCUT2D eigenvalue weighted by Crippen LogP contribution is -2.43. The van der Waals surface area contributed by atoms with Crippen LogP contribution >= 0.6 is 0 Å². The molecule has 0 bridgehead atoms. The maximum absolute atomic E-state index is 13.2. The Hall–Kier alpha value is -1.47. The minimum atomic E-state index is -4.74. The number of hydrogen-bond acceptors (Lipinski definition) is 1. The van der Waals surface area contributed by atoms with Crippen LogP contribution in [0, 0.1) is 11.8 Å². The Morgan fingerprint density at radius 1 is 0.875 bits per heavy atom. The quantitative estimate of drug-likeness (QED) is 0.441. The summed E-state index contributed by atoms with van der Waals surface area (Å²) in [6.45, 7) is 2.15. The lowest BCUT2D eigenvalue weighted by Gasteiger charge is -2.25. The van der Waals surface area contributed by atoms with Crippen molar-refractivity contribution in [3.05, 3.63) is 35.9 Å². The van der Waals surface area contributed by atoms with E-state index < -0.39 is 11.8 Å². The lowest BCUT2D eigenvalue weighted by atomic mass is 9.95. The summed E-state index contributed by atoms with van der Waals surface area (Å²) in [5.74, 6) is 4.50. The van der Waals surface area contributed by atoms with Gasteiger partial charge in [-0.1, -0.05) is 81.9 Å². The zero-order chi connectivity index (χ0) is 17.9. The highest BCUT2D eigenvalue weighted by Gasteiger charge is 2.52. The summed E-state index contributed by atoms with van der Waals surface area (Å²) in [7, 11) is 0. The van der Waals surface area contributed by atoms with Gasteiger partial charge < -0.3 is 5.11 Å². The molecule has 1 nitrogen and oxygen atoms in total. The van der Waals surface area contributed by atoms with Gasteiger partial charge in [0.25, 0.3) is 0 Å². The summed E-state index contributed by atoms with van der Waals surface area (Å²) in [4.78, 5) is 0. The third-order valence-electron chi connectivity index (χ3n) is 4.05. The second-order valence-electron chi connectivity index (χ2n) is 6.20. The average molecular weight is 340 g/mol. The molecule has 1 N–H and O–H groups in total. The zero-order valence-electron chi connectivity index (χ0n) is 14.3. The fraction of sp³-hybridized carbons (Fsp3) is 0.600. The van der Waals surface area contributed by atoms with Gasteiger partial charge >= 0.3 is 6.18 Å². The van der Waals surface area contributed by atoms with E-state index in [1.165, 1.54) is 19.3 Å². The predicted octanol–water partition coefficient (Wildman–Crippen LogP) is 5.86. The molecule has 0 aliphatic carbocycles. The Bertz CT molecular complexity index is 513. The average Bonchev–Trinajstić information content (AvgIpc) is 2.55. The van der Waals surface area contributed by atoms with Crippen LogP contribution < -0.4 is 0 Å². The summed E-state index contributed by atoms with van der Waals surface area (Å²) < 4.78 is 39.5. The van der Waals surface area contributed by atoms with E-state index >= 15 is 0 Å². The van der Waals surface area contributed by atoms with Crippen molar-refractivity contribution in [1.29, 1.82) is 0 Å². The standard InChI is InChI=1S/C20H27F3O/c1-2-3-4-5-6-7-8-12-16-19(24,20(21,22)23)17-15-18-13-10-9-11-14-18/h9-11,13-14,24H,2-8,12,16H2,1H3. The highest BCUT2D eigenvalue weighted by Crippen LogP contribution is 2.34. The van der Waals surface area contributed by atoms with Crippen LogP contribution in [0.2, 0.25) is 0 Å². The molecule has 0 saturated carbocycles. The maximum atomic E-state index is 13.2. The Morgan fingerprint density at radius 2 is 1.42 bits per heavy atom. The molecule has 1 atom stereocenters. The van der Waals surface area contributed by atoms with Gasteiger partial charge in [-0.2, -0.15) is 13.2 Å². The van der Waals surface area contributed by atoms with Crippen LogP contribution in [0.25, 0.3) is 0 Å². The first-order chi connectivity index (χ1) is 11.4. The first kappa shape index (κ1) is 20.6. The molecule has 0 aromatic heterocycles. The Labute approximate surface area is 143 Å². The summed E-state index contributed by atoms with van der Waals surface area (Å²) >= 11 is 0. The molecule has 1 rings (SSSR count). The van der Waals surface area contributed by atoms with Gasteiger partial charge in [0, 0.05) is 5.56 Å². The number of unbranched alkanes of at least 4 members (excludes halogenated alkanes) is 7. The van der Waals surface area contributed by atoms with Crippen molar-refractivity contribution in [2.45, 2.75) is 76.5 Å². The van der Waals surface area contributed by atoms with E-state index in [1.807, 2.05) is 0 Å². The van der Waals surface area contributed by atoms with Crippen LogP contribution in [0.5, 0.6) is 0 Å². The van der Waals surface area contributed by atoms with Gasteiger partial charge in [-0.25, -0.2) is 0 Å². The highest BCUT2D eigenvalue weighted by atomic mass is 19.4. The summed E-state index contributed by atoms with van der Waals surface area (Å²) in [5.41, 5.74) is -2.46. The maximum Gasteiger partial charge on any atom is 0.428 e. The number of rotatable bonds is 9. The molecule has 24 heavy (non-hydrogen) atoms. The van der Waals surface area contributed by atoms with Crippen molar-refractivity contribution in [2.75, 3.05) is 0 Å². The topological polar surface area (TPSA) is 20.2 Å². The molecule has 0 saturated heterocycles. The minimum absolute atomic E-state index is 0.327. The van der Waals surface area contributed by atoms with E-state index in [4.69, 9.17) is 0 Å². The number of benzene rings is 1. The van der Waals surface area contributed by atoms with Gasteiger partial charge in [0.1, 0.15) is 0 Å². The van der Waals surface area contributed by atoms with E-state index in [2.05, 4.69) is 18.8 Å². The van der Waals surface area contributed by atoms with Gasteiger partial charge in [-0.15, -0.1) is 0 Å². The Balaban J connectivity index is 2.50.